The number of hydrogen-bond donors (Lipinski definition) is 3. The van der Waals surface area contributed by atoms with E-state index >= 15 is 0 Å². The standard InChI is InChI=1S/C21H24N4OS/c1-16-6-8-17(9-7-16)22-20(26)14-24-10-12-25(13-11-24)15-21-23-18-4-2-3-5-19(18)27-21/h2-9H,10-15H2,1H3,(H,22,26)/p+2. The summed E-state index contributed by atoms with van der Waals surface area (Å²) >= 11 is 1.80. The zero-order valence-electron chi connectivity index (χ0n) is 15.6. The third kappa shape index (κ3) is 4.71. The van der Waals surface area contributed by atoms with Gasteiger partial charge < -0.3 is 15.1 Å². The number of piperazine rings is 1. The normalized spacial score (nSPS) is 19.9. The molecular weight excluding hydrogens is 356 g/mol. The average Bonchev–Trinajstić information content (AvgIpc) is 3.07. The molecule has 1 fully saturated rings. The minimum Gasteiger partial charge on any atom is -0.321 e. The number of anilines is 1. The van der Waals surface area contributed by atoms with E-state index in [1.54, 1.807) is 16.2 Å². The molecule has 1 aromatic heterocycles. The number of thiazole rings is 1. The molecule has 0 saturated carbocycles. The fourth-order valence-corrected chi connectivity index (χ4v) is 4.63. The number of benzene rings is 2. The Hall–Kier alpha value is -2.28. The van der Waals surface area contributed by atoms with Crippen molar-refractivity contribution in [3.63, 3.8) is 0 Å². The topological polar surface area (TPSA) is 50.9 Å². The first-order valence-electron chi connectivity index (χ1n) is 9.54. The third-order valence-electron chi connectivity index (χ3n) is 5.15. The fraction of sp³-hybridized carbons (Fsp3) is 0.333. The number of aryl methyl sites for hydroxylation is 1. The molecule has 0 radical (unpaired) electrons. The van der Waals surface area contributed by atoms with Gasteiger partial charge in [0.25, 0.3) is 5.91 Å². The van der Waals surface area contributed by atoms with Gasteiger partial charge in [0.1, 0.15) is 37.7 Å². The fourth-order valence-electron chi connectivity index (χ4n) is 3.59. The van der Waals surface area contributed by atoms with Crippen LogP contribution < -0.4 is 15.1 Å². The maximum Gasteiger partial charge on any atom is 0.279 e. The van der Waals surface area contributed by atoms with E-state index in [1.807, 2.05) is 37.3 Å². The van der Waals surface area contributed by atoms with Gasteiger partial charge in [-0.15, -0.1) is 11.3 Å². The van der Waals surface area contributed by atoms with Gasteiger partial charge in [0.2, 0.25) is 0 Å². The van der Waals surface area contributed by atoms with Crippen molar-refractivity contribution < 1.29 is 14.6 Å². The monoisotopic (exact) mass is 382 g/mol. The van der Waals surface area contributed by atoms with Crippen LogP contribution in [0.2, 0.25) is 0 Å². The number of rotatable bonds is 5. The van der Waals surface area contributed by atoms with E-state index in [1.165, 1.54) is 20.2 Å². The van der Waals surface area contributed by atoms with Crippen LogP contribution in [0.4, 0.5) is 5.69 Å². The van der Waals surface area contributed by atoms with Crippen LogP contribution in [0.3, 0.4) is 0 Å². The van der Waals surface area contributed by atoms with Crippen LogP contribution in [-0.4, -0.2) is 43.6 Å². The lowest BCUT2D eigenvalue weighted by Crippen LogP contribution is -3.28. The average molecular weight is 383 g/mol. The number of amides is 1. The quantitative estimate of drug-likeness (QED) is 0.603. The molecule has 3 aromatic rings. The van der Waals surface area contributed by atoms with Gasteiger partial charge in [0, 0.05) is 5.69 Å². The maximum atomic E-state index is 12.3. The Morgan fingerprint density at radius 1 is 1.04 bits per heavy atom. The molecule has 140 valence electrons. The molecule has 6 heteroatoms. The number of carbonyl (C=O) groups is 1. The summed E-state index contributed by atoms with van der Waals surface area (Å²) in [6, 6.07) is 16.3. The number of carbonyl (C=O) groups excluding carboxylic acids is 1. The summed E-state index contributed by atoms with van der Waals surface area (Å²) in [5.41, 5.74) is 3.19. The highest BCUT2D eigenvalue weighted by Gasteiger charge is 2.25. The van der Waals surface area contributed by atoms with Gasteiger partial charge in [-0.05, 0) is 31.2 Å². The van der Waals surface area contributed by atoms with Crippen LogP contribution in [0.5, 0.6) is 0 Å². The van der Waals surface area contributed by atoms with Crippen molar-refractivity contribution >= 4 is 33.1 Å². The smallest absolute Gasteiger partial charge is 0.279 e. The number of fused-ring (bicyclic) bond motifs is 1. The van der Waals surface area contributed by atoms with E-state index in [4.69, 9.17) is 4.98 Å². The van der Waals surface area contributed by atoms with Crippen LogP contribution in [0.25, 0.3) is 10.2 Å². The van der Waals surface area contributed by atoms with Crippen LogP contribution in [0, 0.1) is 6.92 Å². The molecule has 3 N–H and O–H groups in total. The van der Waals surface area contributed by atoms with Gasteiger partial charge in [-0.1, -0.05) is 29.8 Å². The maximum absolute atomic E-state index is 12.3. The second-order valence-corrected chi connectivity index (χ2v) is 8.46. The third-order valence-corrected chi connectivity index (χ3v) is 6.19. The summed E-state index contributed by atoms with van der Waals surface area (Å²) in [7, 11) is 0. The largest absolute Gasteiger partial charge is 0.321 e. The molecule has 1 amide bonds. The van der Waals surface area contributed by atoms with Crippen molar-refractivity contribution in [3.05, 3.63) is 59.1 Å². The minimum atomic E-state index is 0.100. The summed E-state index contributed by atoms with van der Waals surface area (Å²) in [6.45, 7) is 7.81. The molecule has 1 aliphatic heterocycles. The van der Waals surface area contributed by atoms with Crippen LogP contribution in [0.1, 0.15) is 10.6 Å². The zero-order chi connectivity index (χ0) is 18.6. The molecule has 27 heavy (non-hydrogen) atoms. The Balaban J connectivity index is 1.24. The molecule has 1 saturated heterocycles. The van der Waals surface area contributed by atoms with Gasteiger partial charge in [0.15, 0.2) is 6.54 Å². The van der Waals surface area contributed by atoms with Crippen molar-refractivity contribution in [3.8, 4) is 0 Å². The highest BCUT2D eigenvalue weighted by molar-refractivity contribution is 7.18. The molecule has 0 spiro atoms. The van der Waals surface area contributed by atoms with Crippen molar-refractivity contribution in [2.45, 2.75) is 13.5 Å². The van der Waals surface area contributed by atoms with E-state index in [0.717, 1.165) is 43.9 Å². The molecule has 0 aliphatic carbocycles. The molecule has 0 bridgehead atoms. The van der Waals surface area contributed by atoms with E-state index in [-0.39, 0.29) is 5.91 Å². The Kier molecular flexibility index (Phi) is 5.48. The van der Waals surface area contributed by atoms with E-state index in [9.17, 15) is 4.79 Å². The van der Waals surface area contributed by atoms with Crippen LogP contribution in [0.15, 0.2) is 48.5 Å². The van der Waals surface area contributed by atoms with Crippen molar-refractivity contribution in [1.82, 2.24) is 4.98 Å². The van der Waals surface area contributed by atoms with Gasteiger partial charge in [-0.25, -0.2) is 4.98 Å². The summed E-state index contributed by atoms with van der Waals surface area (Å²) in [5, 5.41) is 4.22. The van der Waals surface area contributed by atoms with Crippen LogP contribution >= 0.6 is 11.3 Å². The van der Waals surface area contributed by atoms with Crippen molar-refractivity contribution in [1.29, 1.82) is 0 Å². The van der Waals surface area contributed by atoms with E-state index in [0.29, 0.717) is 6.54 Å². The SMILES string of the molecule is Cc1ccc(NC(=O)C[NH+]2CC[NH+](Cc3nc4ccccc4s3)CC2)cc1. The second kappa shape index (κ2) is 8.17. The molecule has 2 heterocycles. The molecule has 0 unspecified atom stereocenters. The lowest BCUT2D eigenvalue weighted by atomic mass is 10.2. The molecular formula is C21H26N4OS+2. The van der Waals surface area contributed by atoms with Gasteiger partial charge in [0.05, 0.1) is 10.2 Å². The second-order valence-electron chi connectivity index (χ2n) is 7.34. The first kappa shape index (κ1) is 18.1. The van der Waals surface area contributed by atoms with E-state index < -0.39 is 0 Å². The molecule has 1 aliphatic rings. The highest BCUT2D eigenvalue weighted by atomic mass is 32.1. The van der Waals surface area contributed by atoms with Crippen LogP contribution in [-0.2, 0) is 11.3 Å². The number of para-hydroxylation sites is 1. The van der Waals surface area contributed by atoms with Gasteiger partial charge >= 0.3 is 0 Å². The number of quaternary nitrogens is 2. The lowest BCUT2D eigenvalue weighted by molar-refractivity contribution is -1.01. The predicted molar refractivity (Wildman–Crippen MR) is 109 cm³/mol. The van der Waals surface area contributed by atoms with Crippen molar-refractivity contribution in [2.24, 2.45) is 0 Å². The summed E-state index contributed by atoms with van der Waals surface area (Å²) < 4.78 is 1.27. The summed E-state index contributed by atoms with van der Waals surface area (Å²) in [4.78, 5) is 20.0. The Bertz CT molecular complexity index is 880. The Morgan fingerprint density at radius 2 is 1.74 bits per heavy atom. The Labute approximate surface area is 163 Å². The zero-order valence-corrected chi connectivity index (χ0v) is 16.4. The van der Waals surface area contributed by atoms with Gasteiger partial charge in [-0.3, -0.25) is 4.79 Å². The first-order chi connectivity index (χ1) is 13.2. The predicted octanol–water partition coefficient (Wildman–Crippen LogP) is 0.527. The summed E-state index contributed by atoms with van der Waals surface area (Å²) in [6.07, 6.45) is 0. The molecule has 4 rings (SSSR count). The number of aromatic nitrogens is 1. The first-order valence-corrected chi connectivity index (χ1v) is 10.4. The minimum absolute atomic E-state index is 0.100. The number of nitrogens with zero attached hydrogens (tertiary/aromatic N) is 1. The highest BCUT2D eigenvalue weighted by Crippen LogP contribution is 2.20. The molecule has 0 atom stereocenters. The Morgan fingerprint density at radius 3 is 2.48 bits per heavy atom. The van der Waals surface area contributed by atoms with Gasteiger partial charge in [-0.2, -0.15) is 0 Å². The lowest BCUT2D eigenvalue weighted by Gasteiger charge is -2.28. The molecule has 2 aromatic carbocycles. The van der Waals surface area contributed by atoms with Crippen molar-refractivity contribution in [2.75, 3.05) is 38.0 Å². The van der Waals surface area contributed by atoms with E-state index in [2.05, 4.69) is 23.5 Å². The molecule has 5 nitrogen and oxygen atoms in total. The number of nitrogens with one attached hydrogen (secondary N) is 3. The number of hydrogen-bond acceptors (Lipinski definition) is 3. The summed E-state index contributed by atoms with van der Waals surface area (Å²) in [5.74, 6) is 0.100.